The molecule has 0 radical (unpaired) electrons. The van der Waals surface area contributed by atoms with Gasteiger partial charge < -0.3 is 14.2 Å². The number of hydrogen-bond donors (Lipinski definition) is 0. The van der Waals surface area contributed by atoms with E-state index >= 15 is 0 Å². The first-order valence-corrected chi connectivity index (χ1v) is 10.1. The van der Waals surface area contributed by atoms with Gasteiger partial charge in [0.05, 0.1) is 18.7 Å². The van der Waals surface area contributed by atoms with Crippen molar-refractivity contribution < 1.29 is 32.3 Å². The summed E-state index contributed by atoms with van der Waals surface area (Å²) in [4.78, 5) is 40.0. The van der Waals surface area contributed by atoms with Crippen LogP contribution in [0.4, 0.5) is 13.2 Å². The summed E-state index contributed by atoms with van der Waals surface area (Å²) >= 11 is 0. The first kappa shape index (κ1) is 25.2. The van der Waals surface area contributed by atoms with Gasteiger partial charge in [-0.3, -0.25) is 9.59 Å². The molecule has 6 nitrogen and oxygen atoms in total. The van der Waals surface area contributed by atoms with Crippen molar-refractivity contribution in [2.75, 3.05) is 13.7 Å². The van der Waals surface area contributed by atoms with E-state index in [-0.39, 0.29) is 23.6 Å². The van der Waals surface area contributed by atoms with E-state index < -0.39 is 29.7 Å². The highest BCUT2D eigenvalue weighted by Gasteiger charge is 2.33. The molecule has 1 amide bonds. The molecular weight excluding hydrogens is 425 g/mol. The number of amides is 1. The van der Waals surface area contributed by atoms with Gasteiger partial charge in [-0.05, 0) is 57.0 Å². The lowest BCUT2D eigenvalue weighted by atomic mass is 9.99. The normalized spacial score (nSPS) is 12.4. The third-order valence-corrected chi connectivity index (χ3v) is 5.59. The molecule has 2 aromatic rings. The van der Waals surface area contributed by atoms with Crippen molar-refractivity contribution in [2.24, 2.45) is 7.05 Å². The summed E-state index contributed by atoms with van der Waals surface area (Å²) in [7, 11) is 2.90. The Hall–Kier alpha value is -3.10. The van der Waals surface area contributed by atoms with E-state index in [1.165, 1.54) is 12.0 Å². The van der Waals surface area contributed by atoms with E-state index in [0.29, 0.717) is 23.2 Å². The molecule has 1 heterocycles. The summed E-state index contributed by atoms with van der Waals surface area (Å²) < 4.78 is 44.9. The largest absolute Gasteiger partial charge is 0.464 e. The van der Waals surface area contributed by atoms with Crippen molar-refractivity contribution in [3.8, 4) is 0 Å². The van der Waals surface area contributed by atoms with Crippen LogP contribution in [0.3, 0.4) is 0 Å². The van der Waals surface area contributed by atoms with Crippen LogP contribution in [0, 0.1) is 13.8 Å². The molecule has 0 spiro atoms. The summed E-state index contributed by atoms with van der Waals surface area (Å²) in [6, 6.07) is 3.02. The van der Waals surface area contributed by atoms with E-state index in [1.54, 1.807) is 32.4 Å². The van der Waals surface area contributed by atoms with Crippen LogP contribution in [-0.4, -0.2) is 46.8 Å². The van der Waals surface area contributed by atoms with Crippen LogP contribution in [0.15, 0.2) is 24.3 Å². The van der Waals surface area contributed by atoms with Crippen LogP contribution in [0.2, 0.25) is 0 Å². The fourth-order valence-electron chi connectivity index (χ4n) is 3.76. The second-order valence-electron chi connectivity index (χ2n) is 7.60. The molecule has 1 unspecified atom stereocenters. The van der Waals surface area contributed by atoms with E-state index in [1.807, 2.05) is 6.92 Å². The fourth-order valence-corrected chi connectivity index (χ4v) is 3.76. The molecule has 2 rings (SSSR count). The summed E-state index contributed by atoms with van der Waals surface area (Å²) in [5.41, 5.74) is 0.776. The lowest BCUT2D eigenvalue weighted by Gasteiger charge is -2.28. The molecule has 1 aromatic carbocycles. The van der Waals surface area contributed by atoms with Gasteiger partial charge in [-0.1, -0.05) is 6.92 Å². The zero-order valence-corrected chi connectivity index (χ0v) is 19.0. The topological polar surface area (TPSA) is 68.6 Å². The van der Waals surface area contributed by atoms with Crippen LogP contribution in [0.5, 0.6) is 0 Å². The van der Waals surface area contributed by atoms with Crippen LogP contribution in [0.25, 0.3) is 0 Å². The Morgan fingerprint density at radius 3 is 2.16 bits per heavy atom. The molecule has 9 heteroatoms. The molecule has 1 aromatic heterocycles. The predicted molar refractivity (Wildman–Crippen MR) is 113 cm³/mol. The second-order valence-corrected chi connectivity index (χ2v) is 7.60. The summed E-state index contributed by atoms with van der Waals surface area (Å²) in [5.74, 6) is -1.48. The number of carbonyl (C=O) groups excluding carboxylic acids is 3. The van der Waals surface area contributed by atoms with Crippen molar-refractivity contribution in [1.82, 2.24) is 9.47 Å². The number of Topliss-reactive ketones (excluding diaryl/α,β-unsaturated/α-hetero) is 1. The van der Waals surface area contributed by atoms with Crippen LogP contribution < -0.4 is 0 Å². The Morgan fingerprint density at radius 2 is 1.69 bits per heavy atom. The number of benzene rings is 1. The number of halogens is 3. The molecule has 0 aliphatic carbocycles. The second kappa shape index (κ2) is 9.58. The average molecular weight is 452 g/mol. The van der Waals surface area contributed by atoms with Crippen LogP contribution in [0.1, 0.15) is 68.3 Å². The highest BCUT2D eigenvalue weighted by molar-refractivity contribution is 6.07. The third kappa shape index (κ3) is 4.71. The number of esters is 1. The van der Waals surface area contributed by atoms with E-state index in [9.17, 15) is 27.6 Å². The van der Waals surface area contributed by atoms with Crippen LogP contribution in [-0.2, 0) is 18.0 Å². The Bertz CT molecular complexity index is 1020. The minimum absolute atomic E-state index is 0.0582. The third-order valence-electron chi connectivity index (χ3n) is 5.59. The average Bonchev–Trinajstić information content (AvgIpc) is 2.97. The Morgan fingerprint density at radius 1 is 1.12 bits per heavy atom. The minimum atomic E-state index is -4.51. The maximum absolute atomic E-state index is 13.4. The summed E-state index contributed by atoms with van der Waals surface area (Å²) in [6.07, 6.45) is -3.96. The molecule has 174 valence electrons. The molecule has 0 N–H and O–H groups in total. The molecule has 0 saturated carbocycles. The van der Waals surface area contributed by atoms with Gasteiger partial charge in [0.25, 0.3) is 5.91 Å². The van der Waals surface area contributed by atoms with Gasteiger partial charge in [0.15, 0.2) is 5.78 Å². The van der Waals surface area contributed by atoms with Gasteiger partial charge in [-0.15, -0.1) is 0 Å². The number of carbonyl (C=O) groups is 3. The van der Waals surface area contributed by atoms with Gasteiger partial charge in [0.2, 0.25) is 0 Å². The van der Waals surface area contributed by atoms with Gasteiger partial charge in [-0.25, -0.2) is 4.79 Å². The standard InChI is InChI=1S/C23H27F3N2O4/c1-7-12-28(21(30)16-8-10-17(11-9-16)23(24,25)26)15(4)20(29)18-13(2)19(22(31)32-6)27(5)14(18)3/h8-11,15H,7,12H2,1-6H3. The molecular formula is C23H27F3N2O4. The minimum Gasteiger partial charge on any atom is -0.464 e. The maximum atomic E-state index is 13.4. The Labute approximate surface area is 185 Å². The quantitative estimate of drug-likeness (QED) is 0.456. The number of hydrogen-bond acceptors (Lipinski definition) is 4. The van der Waals surface area contributed by atoms with E-state index in [0.717, 1.165) is 24.3 Å². The molecule has 0 bridgehead atoms. The van der Waals surface area contributed by atoms with Gasteiger partial charge in [0.1, 0.15) is 5.69 Å². The van der Waals surface area contributed by atoms with E-state index in [4.69, 9.17) is 4.74 Å². The predicted octanol–water partition coefficient (Wildman–Crippen LogP) is 4.57. The highest BCUT2D eigenvalue weighted by atomic mass is 19.4. The number of ether oxygens (including phenoxy) is 1. The SMILES string of the molecule is CCCN(C(=O)c1ccc(C(F)(F)F)cc1)C(C)C(=O)c1c(C)c(C(=O)OC)n(C)c1C. The van der Waals surface area contributed by atoms with E-state index in [2.05, 4.69) is 0 Å². The van der Waals surface area contributed by atoms with Crippen molar-refractivity contribution in [2.45, 2.75) is 46.3 Å². The number of nitrogens with zero attached hydrogens (tertiary/aromatic N) is 2. The van der Waals surface area contributed by atoms with Crippen LogP contribution >= 0.6 is 0 Å². The van der Waals surface area contributed by atoms with Gasteiger partial charge >= 0.3 is 12.1 Å². The van der Waals surface area contributed by atoms with Crippen molar-refractivity contribution >= 4 is 17.7 Å². The number of ketones is 1. The monoisotopic (exact) mass is 452 g/mol. The Kier molecular flexibility index (Phi) is 7.54. The lowest BCUT2D eigenvalue weighted by Crippen LogP contribution is -2.44. The fraction of sp³-hybridized carbons (Fsp3) is 0.435. The zero-order chi connectivity index (χ0) is 24.4. The van der Waals surface area contributed by atoms with Crippen molar-refractivity contribution in [3.05, 3.63) is 57.9 Å². The molecule has 0 aliphatic heterocycles. The van der Waals surface area contributed by atoms with Crippen molar-refractivity contribution in [3.63, 3.8) is 0 Å². The summed E-state index contributed by atoms with van der Waals surface area (Å²) in [6.45, 7) is 6.98. The van der Waals surface area contributed by atoms with Gasteiger partial charge in [-0.2, -0.15) is 13.2 Å². The first-order chi connectivity index (χ1) is 14.9. The number of methoxy groups -OCH3 is 1. The molecule has 0 fully saturated rings. The number of rotatable bonds is 7. The summed E-state index contributed by atoms with van der Waals surface area (Å²) in [5, 5.41) is 0. The van der Waals surface area contributed by atoms with Crippen molar-refractivity contribution in [1.29, 1.82) is 0 Å². The first-order valence-electron chi connectivity index (χ1n) is 10.1. The number of aromatic nitrogens is 1. The molecule has 1 atom stereocenters. The number of alkyl halides is 3. The zero-order valence-electron chi connectivity index (χ0n) is 19.0. The highest BCUT2D eigenvalue weighted by Crippen LogP contribution is 2.30. The molecule has 0 saturated heterocycles. The molecule has 32 heavy (non-hydrogen) atoms. The molecule has 0 aliphatic rings. The smallest absolute Gasteiger partial charge is 0.416 e. The Balaban J connectivity index is 2.42. The lowest BCUT2D eigenvalue weighted by molar-refractivity contribution is -0.137. The maximum Gasteiger partial charge on any atom is 0.416 e. The van der Waals surface area contributed by atoms with Gasteiger partial charge in [0, 0.05) is 30.4 Å².